The van der Waals surface area contributed by atoms with Gasteiger partial charge in [0, 0.05) is 12.5 Å². The van der Waals surface area contributed by atoms with Crippen LogP contribution in [0.3, 0.4) is 0 Å². The number of amides is 1. The van der Waals surface area contributed by atoms with Crippen LogP contribution < -0.4 is 10.6 Å². The van der Waals surface area contributed by atoms with Crippen molar-refractivity contribution in [1.29, 1.82) is 0 Å². The van der Waals surface area contributed by atoms with Gasteiger partial charge in [0.05, 0.1) is 6.61 Å². The van der Waals surface area contributed by atoms with E-state index in [1.54, 1.807) is 6.92 Å². The second-order valence-corrected chi connectivity index (χ2v) is 3.91. The monoisotopic (exact) mass is 264 g/mol. The molecule has 17 heavy (non-hydrogen) atoms. The SMILES string of the molecule is CCOC(=O)CNC(=O)CCC1CCCN1.Cl. The first-order valence-corrected chi connectivity index (χ1v) is 5.88. The molecule has 0 bridgehead atoms. The van der Waals surface area contributed by atoms with Gasteiger partial charge in [0.1, 0.15) is 6.54 Å². The van der Waals surface area contributed by atoms with Crippen LogP contribution in [0.15, 0.2) is 0 Å². The summed E-state index contributed by atoms with van der Waals surface area (Å²) in [5, 5.41) is 5.88. The van der Waals surface area contributed by atoms with E-state index in [4.69, 9.17) is 4.74 Å². The highest BCUT2D eigenvalue weighted by Crippen LogP contribution is 2.10. The number of rotatable bonds is 6. The summed E-state index contributed by atoms with van der Waals surface area (Å²) in [6, 6.07) is 0.466. The molecule has 1 aliphatic heterocycles. The second-order valence-electron chi connectivity index (χ2n) is 3.91. The fourth-order valence-electron chi connectivity index (χ4n) is 1.78. The number of esters is 1. The molecule has 0 aromatic rings. The van der Waals surface area contributed by atoms with E-state index in [1.807, 2.05) is 0 Å². The summed E-state index contributed by atoms with van der Waals surface area (Å²) in [6.45, 7) is 3.12. The molecule has 2 N–H and O–H groups in total. The maximum Gasteiger partial charge on any atom is 0.325 e. The van der Waals surface area contributed by atoms with Gasteiger partial charge in [0.2, 0.25) is 5.91 Å². The van der Waals surface area contributed by atoms with E-state index in [1.165, 1.54) is 6.42 Å². The minimum Gasteiger partial charge on any atom is -0.465 e. The number of carbonyl (C=O) groups excluding carboxylic acids is 2. The van der Waals surface area contributed by atoms with Gasteiger partial charge in [-0.25, -0.2) is 0 Å². The highest BCUT2D eigenvalue weighted by atomic mass is 35.5. The lowest BCUT2D eigenvalue weighted by atomic mass is 10.1. The van der Waals surface area contributed by atoms with Crippen LogP contribution in [0.2, 0.25) is 0 Å². The van der Waals surface area contributed by atoms with E-state index in [2.05, 4.69) is 10.6 Å². The molecule has 1 heterocycles. The third-order valence-electron chi connectivity index (χ3n) is 2.62. The van der Waals surface area contributed by atoms with Crippen molar-refractivity contribution in [3.8, 4) is 0 Å². The van der Waals surface area contributed by atoms with Gasteiger partial charge in [-0.1, -0.05) is 0 Å². The standard InChI is InChI=1S/C11H20N2O3.ClH/c1-2-16-11(15)8-13-10(14)6-5-9-4-3-7-12-9;/h9,12H,2-8H2,1H3,(H,13,14);1H. The Balaban J connectivity index is 0.00000256. The first-order chi connectivity index (χ1) is 7.72. The van der Waals surface area contributed by atoms with Gasteiger partial charge in [-0.15, -0.1) is 12.4 Å². The van der Waals surface area contributed by atoms with Gasteiger partial charge in [-0.3, -0.25) is 9.59 Å². The van der Waals surface area contributed by atoms with Gasteiger partial charge >= 0.3 is 5.97 Å². The van der Waals surface area contributed by atoms with Crippen molar-refractivity contribution >= 4 is 24.3 Å². The van der Waals surface area contributed by atoms with Crippen molar-refractivity contribution < 1.29 is 14.3 Å². The zero-order valence-corrected chi connectivity index (χ0v) is 11.0. The first-order valence-electron chi connectivity index (χ1n) is 5.88. The lowest BCUT2D eigenvalue weighted by Gasteiger charge is -2.09. The molecule has 0 radical (unpaired) electrons. The van der Waals surface area contributed by atoms with Crippen LogP contribution in [0.1, 0.15) is 32.6 Å². The van der Waals surface area contributed by atoms with E-state index in [0.717, 1.165) is 19.4 Å². The second kappa shape index (κ2) is 9.24. The lowest BCUT2D eigenvalue weighted by Crippen LogP contribution is -2.32. The first kappa shape index (κ1) is 16.2. The van der Waals surface area contributed by atoms with Crippen LogP contribution in [0, 0.1) is 0 Å². The summed E-state index contributed by atoms with van der Waals surface area (Å²) < 4.78 is 4.70. The Labute approximate surface area is 108 Å². The number of hydrogen-bond donors (Lipinski definition) is 2. The summed E-state index contributed by atoms with van der Waals surface area (Å²) >= 11 is 0. The van der Waals surface area contributed by atoms with Crippen molar-refractivity contribution in [2.24, 2.45) is 0 Å². The number of halogens is 1. The van der Waals surface area contributed by atoms with Crippen molar-refractivity contribution in [3.05, 3.63) is 0 Å². The zero-order valence-electron chi connectivity index (χ0n) is 10.2. The molecule has 6 heteroatoms. The van der Waals surface area contributed by atoms with Gasteiger partial charge in [-0.2, -0.15) is 0 Å². The minimum atomic E-state index is -0.380. The zero-order chi connectivity index (χ0) is 11.8. The molecule has 1 amide bonds. The van der Waals surface area contributed by atoms with E-state index in [0.29, 0.717) is 19.1 Å². The van der Waals surface area contributed by atoms with Crippen molar-refractivity contribution in [2.75, 3.05) is 19.7 Å². The van der Waals surface area contributed by atoms with Crippen molar-refractivity contribution in [1.82, 2.24) is 10.6 Å². The van der Waals surface area contributed by atoms with Crippen molar-refractivity contribution in [3.63, 3.8) is 0 Å². The number of hydrogen-bond acceptors (Lipinski definition) is 4. The van der Waals surface area contributed by atoms with Gasteiger partial charge in [-0.05, 0) is 32.7 Å². The Morgan fingerprint density at radius 1 is 1.47 bits per heavy atom. The highest BCUT2D eigenvalue weighted by molar-refractivity contribution is 5.85. The van der Waals surface area contributed by atoms with Gasteiger partial charge in [0.15, 0.2) is 0 Å². The van der Waals surface area contributed by atoms with Crippen LogP contribution in [0.25, 0.3) is 0 Å². The maximum absolute atomic E-state index is 11.4. The number of nitrogens with one attached hydrogen (secondary N) is 2. The smallest absolute Gasteiger partial charge is 0.325 e. The third kappa shape index (κ3) is 7.18. The molecule has 100 valence electrons. The topological polar surface area (TPSA) is 67.4 Å². The van der Waals surface area contributed by atoms with Crippen LogP contribution in [0.4, 0.5) is 0 Å². The van der Waals surface area contributed by atoms with E-state index < -0.39 is 0 Å². The molecule has 0 saturated carbocycles. The molecule has 0 aliphatic carbocycles. The van der Waals surface area contributed by atoms with Crippen LogP contribution >= 0.6 is 12.4 Å². The van der Waals surface area contributed by atoms with Crippen LogP contribution in [-0.2, 0) is 14.3 Å². The summed E-state index contributed by atoms with van der Waals surface area (Å²) in [5.74, 6) is -0.461. The fourth-order valence-corrected chi connectivity index (χ4v) is 1.78. The fraction of sp³-hybridized carbons (Fsp3) is 0.818. The molecule has 1 rings (SSSR count). The largest absolute Gasteiger partial charge is 0.465 e. The predicted octanol–water partition coefficient (Wildman–Crippen LogP) is 0.620. The maximum atomic E-state index is 11.4. The predicted molar refractivity (Wildman–Crippen MR) is 67.1 cm³/mol. The molecular formula is C11H21ClN2O3. The number of ether oxygens (including phenoxy) is 1. The molecule has 0 spiro atoms. The molecule has 1 fully saturated rings. The Morgan fingerprint density at radius 3 is 2.82 bits per heavy atom. The summed E-state index contributed by atoms with van der Waals surface area (Å²) in [4.78, 5) is 22.3. The Kier molecular flexibility index (Phi) is 8.80. The molecular weight excluding hydrogens is 244 g/mol. The summed E-state index contributed by atoms with van der Waals surface area (Å²) in [5.41, 5.74) is 0. The van der Waals surface area contributed by atoms with E-state index in [-0.39, 0.29) is 30.8 Å². The summed E-state index contributed by atoms with van der Waals surface area (Å²) in [6.07, 6.45) is 3.64. The minimum absolute atomic E-state index is 0. The molecule has 1 aliphatic rings. The van der Waals surface area contributed by atoms with E-state index >= 15 is 0 Å². The van der Waals surface area contributed by atoms with Crippen LogP contribution in [0.5, 0.6) is 0 Å². The average Bonchev–Trinajstić information content (AvgIpc) is 2.77. The van der Waals surface area contributed by atoms with Gasteiger partial charge in [0.25, 0.3) is 0 Å². The molecule has 0 aromatic carbocycles. The third-order valence-corrected chi connectivity index (χ3v) is 2.62. The lowest BCUT2D eigenvalue weighted by molar-refractivity contribution is -0.143. The Morgan fingerprint density at radius 2 is 2.24 bits per heavy atom. The molecule has 1 saturated heterocycles. The van der Waals surface area contributed by atoms with Crippen molar-refractivity contribution in [2.45, 2.75) is 38.6 Å². The highest BCUT2D eigenvalue weighted by Gasteiger charge is 2.15. The van der Waals surface area contributed by atoms with E-state index in [9.17, 15) is 9.59 Å². The number of carbonyl (C=O) groups is 2. The van der Waals surface area contributed by atoms with Crippen LogP contribution in [-0.4, -0.2) is 37.6 Å². The molecule has 1 atom stereocenters. The Bertz CT molecular complexity index is 243. The molecule has 5 nitrogen and oxygen atoms in total. The average molecular weight is 265 g/mol. The molecule has 1 unspecified atom stereocenters. The Hall–Kier alpha value is -0.810. The summed E-state index contributed by atoms with van der Waals surface area (Å²) in [7, 11) is 0. The van der Waals surface area contributed by atoms with Gasteiger partial charge < -0.3 is 15.4 Å². The molecule has 0 aromatic heterocycles. The normalized spacial score (nSPS) is 18.3. The quantitative estimate of drug-likeness (QED) is 0.690.